The van der Waals surface area contributed by atoms with Crippen molar-refractivity contribution >= 4 is 8.56 Å². The Morgan fingerprint density at radius 2 is 1.21 bits per heavy atom. The van der Waals surface area contributed by atoms with Gasteiger partial charge in [0.25, 0.3) is 0 Å². The fourth-order valence-electron chi connectivity index (χ4n) is 2.18. The van der Waals surface area contributed by atoms with Gasteiger partial charge in [-0.05, 0) is 38.8 Å². The van der Waals surface area contributed by atoms with Gasteiger partial charge in [-0.2, -0.15) is 10.5 Å². The molecule has 0 unspecified atom stereocenters. The molecule has 0 amide bonds. The van der Waals surface area contributed by atoms with E-state index in [0.717, 1.165) is 37.8 Å². The Balaban J connectivity index is 4.31. The molecule has 0 saturated heterocycles. The van der Waals surface area contributed by atoms with Crippen LogP contribution in [0.2, 0.25) is 12.1 Å². The van der Waals surface area contributed by atoms with Crippen LogP contribution in [-0.4, -0.2) is 21.8 Å². The first kappa shape index (κ1) is 18.1. The Labute approximate surface area is 118 Å². The van der Waals surface area contributed by atoms with Crippen molar-refractivity contribution in [2.24, 2.45) is 0 Å². The molecule has 0 fully saturated rings. The largest absolute Gasteiger partial charge is 0.394 e. The lowest BCUT2D eigenvalue weighted by Crippen LogP contribution is -2.42. The van der Waals surface area contributed by atoms with Gasteiger partial charge in [-0.1, -0.05) is 12.8 Å². The van der Waals surface area contributed by atoms with E-state index >= 15 is 0 Å². The van der Waals surface area contributed by atoms with Crippen LogP contribution in [0, 0.1) is 22.7 Å². The zero-order chi connectivity index (χ0) is 14.4. The van der Waals surface area contributed by atoms with Crippen molar-refractivity contribution in [3.8, 4) is 12.1 Å². The molecule has 0 N–H and O–H groups in total. The Bertz CT molecular complexity index is 267. The average Bonchev–Trinajstić information content (AvgIpc) is 2.41. The lowest BCUT2D eigenvalue weighted by atomic mass is 10.3. The zero-order valence-corrected chi connectivity index (χ0v) is 13.3. The van der Waals surface area contributed by atoms with Crippen LogP contribution in [-0.2, 0) is 8.85 Å². The monoisotopic (exact) mass is 282 g/mol. The summed E-state index contributed by atoms with van der Waals surface area (Å²) in [6.07, 6.45) is 5.05. The number of hydrogen-bond donors (Lipinski definition) is 0. The highest BCUT2D eigenvalue weighted by Crippen LogP contribution is 2.25. The average molecular weight is 282 g/mol. The molecule has 0 aliphatic rings. The number of rotatable bonds is 12. The molecule has 0 spiro atoms. The minimum atomic E-state index is -2.11. The van der Waals surface area contributed by atoms with Crippen LogP contribution in [0.25, 0.3) is 0 Å². The van der Waals surface area contributed by atoms with E-state index in [9.17, 15) is 0 Å². The van der Waals surface area contributed by atoms with Crippen LogP contribution < -0.4 is 0 Å². The highest BCUT2D eigenvalue weighted by atomic mass is 28.4. The third-order valence-electron chi connectivity index (χ3n) is 3.01. The molecule has 0 radical (unpaired) electrons. The summed E-state index contributed by atoms with van der Waals surface area (Å²) in [5, 5.41) is 17.1. The van der Waals surface area contributed by atoms with Gasteiger partial charge in [-0.3, -0.25) is 0 Å². The molecule has 0 aliphatic carbocycles. The molecular formula is C14H26N2O2Si. The van der Waals surface area contributed by atoms with Gasteiger partial charge >= 0.3 is 8.56 Å². The Hall–Kier alpha value is -0.883. The fraction of sp³-hybridized carbons (Fsp3) is 0.857. The summed E-state index contributed by atoms with van der Waals surface area (Å²) in [6.45, 7) is 5.38. The number of nitriles is 2. The summed E-state index contributed by atoms with van der Waals surface area (Å²) in [4.78, 5) is 0. The van der Waals surface area contributed by atoms with Crippen LogP contribution in [0.5, 0.6) is 0 Å². The quantitative estimate of drug-likeness (QED) is 0.402. The van der Waals surface area contributed by atoms with E-state index < -0.39 is 8.56 Å². The van der Waals surface area contributed by atoms with Crippen LogP contribution in [0.1, 0.15) is 52.4 Å². The molecule has 4 nitrogen and oxygen atoms in total. The van der Waals surface area contributed by atoms with Crippen LogP contribution in [0.4, 0.5) is 0 Å². The minimum absolute atomic E-state index is 0.608. The van der Waals surface area contributed by atoms with E-state index in [1.54, 1.807) is 0 Å². The molecule has 5 heteroatoms. The molecule has 0 aromatic carbocycles. The van der Waals surface area contributed by atoms with Crippen LogP contribution in [0.3, 0.4) is 0 Å². The Morgan fingerprint density at radius 3 is 1.53 bits per heavy atom. The minimum Gasteiger partial charge on any atom is -0.394 e. The van der Waals surface area contributed by atoms with Crippen LogP contribution in [0.15, 0.2) is 0 Å². The second-order valence-electron chi connectivity index (χ2n) is 4.51. The zero-order valence-electron chi connectivity index (χ0n) is 12.3. The van der Waals surface area contributed by atoms with Gasteiger partial charge in [-0.15, -0.1) is 0 Å². The van der Waals surface area contributed by atoms with Gasteiger partial charge in [0.1, 0.15) is 0 Å². The van der Waals surface area contributed by atoms with Gasteiger partial charge in [-0.25, -0.2) is 0 Å². The van der Waals surface area contributed by atoms with E-state index in [1.807, 2.05) is 13.8 Å². The smallest absolute Gasteiger partial charge is 0.338 e. The summed E-state index contributed by atoms with van der Waals surface area (Å²) in [5.74, 6) is 0. The number of nitrogens with zero attached hydrogens (tertiary/aromatic N) is 2. The molecule has 0 aromatic rings. The standard InChI is InChI=1S/C14H26N2O2Si/c1-3-17-19(18-4-2,13-9-5-7-11-15)14-10-6-8-12-16/h3-10,13-14H2,1-2H3. The molecule has 0 aliphatic heterocycles. The summed E-state index contributed by atoms with van der Waals surface area (Å²) >= 11 is 0. The van der Waals surface area contributed by atoms with Gasteiger partial charge in [0.15, 0.2) is 0 Å². The summed E-state index contributed by atoms with van der Waals surface area (Å²) in [5.41, 5.74) is 0. The van der Waals surface area contributed by atoms with Crippen molar-refractivity contribution in [1.29, 1.82) is 10.5 Å². The van der Waals surface area contributed by atoms with Crippen LogP contribution >= 0.6 is 0 Å². The first-order valence-electron chi connectivity index (χ1n) is 7.26. The summed E-state index contributed by atoms with van der Waals surface area (Å²) < 4.78 is 12.0. The third kappa shape index (κ3) is 8.77. The normalized spacial score (nSPS) is 10.9. The predicted molar refractivity (Wildman–Crippen MR) is 77.5 cm³/mol. The maximum atomic E-state index is 8.57. The van der Waals surface area contributed by atoms with E-state index in [0.29, 0.717) is 26.1 Å². The molecular weight excluding hydrogens is 256 g/mol. The lowest BCUT2D eigenvalue weighted by Gasteiger charge is -2.30. The maximum absolute atomic E-state index is 8.57. The molecule has 0 heterocycles. The fourth-order valence-corrected chi connectivity index (χ4v) is 5.72. The Morgan fingerprint density at radius 1 is 0.789 bits per heavy atom. The highest BCUT2D eigenvalue weighted by Gasteiger charge is 2.35. The molecule has 0 bridgehead atoms. The van der Waals surface area contributed by atoms with Gasteiger partial charge < -0.3 is 8.85 Å². The van der Waals surface area contributed by atoms with E-state index in [1.165, 1.54) is 0 Å². The molecule has 108 valence electrons. The molecule has 0 aromatic heterocycles. The highest BCUT2D eigenvalue weighted by molar-refractivity contribution is 6.67. The molecule has 0 atom stereocenters. The van der Waals surface area contributed by atoms with Crippen molar-refractivity contribution in [3.05, 3.63) is 0 Å². The van der Waals surface area contributed by atoms with Gasteiger partial charge in [0.05, 0.1) is 12.1 Å². The van der Waals surface area contributed by atoms with Crippen molar-refractivity contribution in [2.45, 2.75) is 64.5 Å². The number of hydrogen-bond acceptors (Lipinski definition) is 4. The first-order valence-corrected chi connectivity index (χ1v) is 9.49. The van der Waals surface area contributed by atoms with E-state index in [2.05, 4.69) is 12.1 Å². The van der Waals surface area contributed by atoms with Crippen molar-refractivity contribution in [2.75, 3.05) is 13.2 Å². The topological polar surface area (TPSA) is 66.0 Å². The summed E-state index contributed by atoms with van der Waals surface area (Å²) in [7, 11) is -2.11. The van der Waals surface area contributed by atoms with Gasteiger partial charge in [0, 0.05) is 26.1 Å². The van der Waals surface area contributed by atoms with Gasteiger partial charge in [0.2, 0.25) is 0 Å². The number of unbranched alkanes of at least 4 members (excludes halogenated alkanes) is 4. The second kappa shape index (κ2) is 12.2. The Kier molecular flexibility index (Phi) is 11.6. The third-order valence-corrected chi connectivity index (χ3v) is 6.87. The van der Waals surface area contributed by atoms with Crippen molar-refractivity contribution in [1.82, 2.24) is 0 Å². The SMILES string of the molecule is CCO[Si](CCCCC#N)(CCCCC#N)OCC. The predicted octanol–water partition coefficient (Wildman–Crippen LogP) is 3.89. The maximum Gasteiger partial charge on any atom is 0.338 e. The second-order valence-corrected chi connectivity index (χ2v) is 7.91. The van der Waals surface area contributed by atoms with E-state index in [-0.39, 0.29) is 0 Å². The molecule has 19 heavy (non-hydrogen) atoms. The first-order chi connectivity index (χ1) is 9.24. The summed E-state index contributed by atoms with van der Waals surface area (Å²) in [6, 6.07) is 6.27. The van der Waals surface area contributed by atoms with Crippen molar-refractivity contribution < 1.29 is 8.85 Å². The molecule has 0 saturated carbocycles. The van der Waals surface area contributed by atoms with Crippen molar-refractivity contribution in [3.63, 3.8) is 0 Å². The van der Waals surface area contributed by atoms with E-state index in [4.69, 9.17) is 19.4 Å². The molecule has 0 rings (SSSR count). The lowest BCUT2D eigenvalue weighted by molar-refractivity contribution is 0.180.